The summed E-state index contributed by atoms with van der Waals surface area (Å²) < 4.78 is 2.74. The second-order valence-corrected chi connectivity index (χ2v) is 7.73. The van der Waals surface area contributed by atoms with Gasteiger partial charge < -0.3 is 4.90 Å². The molecule has 1 saturated heterocycles. The van der Waals surface area contributed by atoms with Crippen LogP contribution >= 0.6 is 15.9 Å². The largest absolute Gasteiger partial charge is 0.324 e. The molecule has 1 aliphatic heterocycles. The van der Waals surface area contributed by atoms with Crippen LogP contribution in [0.3, 0.4) is 0 Å². The highest BCUT2D eigenvalue weighted by Gasteiger charge is 2.25. The van der Waals surface area contributed by atoms with Crippen molar-refractivity contribution in [1.29, 1.82) is 0 Å². The van der Waals surface area contributed by atoms with E-state index in [1.165, 1.54) is 4.90 Å². The Kier molecular flexibility index (Phi) is 5.06. The van der Waals surface area contributed by atoms with E-state index in [2.05, 4.69) is 31.5 Å². The molecule has 2 aromatic carbocycles. The third-order valence-corrected chi connectivity index (χ3v) is 5.13. The molecule has 0 spiro atoms. The maximum atomic E-state index is 12.6. The number of carbonyl (C=O) groups excluding carboxylic acids is 3. The lowest BCUT2D eigenvalue weighted by atomic mass is 10.2. The SMILES string of the molecule is Cc1ccc(-n2c(NC(=O)CN3CCC(=O)NC3=O)nc3cc(Br)ccc32)cc1. The van der Waals surface area contributed by atoms with Gasteiger partial charge in [-0.25, -0.2) is 9.78 Å². The van der Waals surface area contributed by atoms with E-state index >= 15 is 0 Å². The topological polar surface area (TPSA) is 96.3 Å². The molecule has 0 bridgehead atoms. The minimum atomic E-state index is -0.563. The van der Waals surface area contributed by atoms with Crippen LogP contribution in [-0.2, 0) is 9.59 Å². The normalized spacial score (nSPS) is 14.2. The lowest BCUT2D eigenvalue weighted by Gasteiger charge is -2.25. The van der Waals surface area contributed by atoms with Crippen LogP contribution < -0.4 is 10.6 Å². The number of anilines is 1. The minimum Gasteiger partial charge on any atom is -0.315 e. The highest BCUT2D eigenvalue weighted by atomic mass is 79.9. The van der Waals surface area contributed by atoms with Crippen LogP contribution in [0.25, 0.3) is 16.7 Å². The van der Waals surface area contributed by atoms with Crippen LogP contribution in [0, 0.1) is 6.92 Å². The van der Waals surface area contributed by atoms with Gasteiger partial charge in [0.15, 0.2) is 0 Å². The Balaban J connectivity index is 1.65. The average Bonchev–Trinajstić information content (AvgIpc) is 3.01. The van der Waals surface area contributed by atoms with Crippen LogP contribution in [0.1, 0.15) is 12.0 Å². The first-order valence-corrected chi connectivity index (χ1v) is 9.83. The number of carbonyl (C=O) groups is 3. The predicted octanol–water partition coefficient (Wildman–Crippen LogP) is 2.98. The molecule has 1 aromatic heterocycles. The lowest BCUT2D eigenvalue weighted by molar-refractivity contribution is -0.123. The zero-order chi connectivity index (χ0) is 20.5. The van der Waals surface area contributed by atoms with E-state index in [4.69, 9.17) is 0 Å². The minimum absolute atomic E-state index is 0.167. The molecule has 1 fully saturated rings. The Bertz CT molecular complexity index is 1120. The summed E-state index contributed by atoms with van der Waals surface area (Å²) in [5.74, 6) is -0.365. The Morgan fingerprint density at radius 1 is 1.21 bits per heavy atom. The van der Waals surface area contributed by atoms with Gasteiger partial charge in [0.25, 0.3) is 0 Å². The highest BCUT2D eigenvalue weighted by molar-refractivity contribution is 9.10. The summed E-state index contributed by atoms with van der Waals surface area (Å²) in [5, 5.41) is 5.01. The van der Waals surface area contributed by atoms with E-state index in [0.717, 1.165) is 26.8 Å². The first kappa shape index (κ1) is 19.1. The number of urea groups is 1. The quantitative estimate of drug-likeness (QED) is 0.631. The molecule has 4 rings (SSSR count). The summed E-state index contributed by atoms with van der Waals surface area (Å²) in [6, 6.07) is 13.0. The van der Waals surface area contributed by atoms with Crippen molar-refractivity contribution in [2.75, 3.05) is 18.4 Å². The standard InChI is InChI=1S/C20H18BrN5O3/c1-12-2-5-14(6-3-12)26-16-7-4-13(21)10-15(16)22-19(26)23-18(28)11-25-9-8-17(27)24-20(25)29/h2-7,10H,8-9,11H2,1H3,(H,22,23,28)(H,24,27,29). The smallest absolute Gasteiger partial charge is 0.315 e. The number of nitrogens with one attached hydrogen (secondary N) is 2. The van der Waals surface area contributed by atoms with Gasteiger partial charge in [-0.2, -0.15) is 0 Å². The number of rotatable bonds is 4. The second-order valence-electron chi connectivity index (χ2n) is 6.81. The number of imide groups is 1. The van der Waals surface area contributed by atoms with Gasteiger partial charge >= 0.3 is 6.03 Å². The predicted molar refractivity (Wildman–Crippen MR) is 112 cm³/mol. The monoisotopic (exact) mass is 455 g/mol. The Hall–Kier alpha value is -3.20. The molecule has 0 saturated carbocycles. The number of fused-ring (bicyclic) bond motifs is 1. The molecule has 4 amide bonds. The van der Waals surface area contributed by atoms with E-state index < -0.39 is 11.9 Å². The van der Waals surface area contributed by atoms with E-state index in [9.17, 15) is 14.4 Å². The summed E-state index contributed by atoms with van der Waals surface area (Å²) >= 11 is 3.44. The fourth-order valence-corrected chi connectivity index (χ4v) is 3.53. The summed E-state index contributed by atoms with van der Waals surface area (Å²) in [7, 11) is 0. The number of hydrogen-bond donors (Lipinski definition) is 2. The molecule has 9 heteroatoms. The molecule has 0 atom stereocenters. The number of imidazole rings is 1. The molecule has 2 heterocycles. The van der Waals surface area contributed by atoms with Crippen molar-refractivity contribution < 1.29 is 14.4 Å². The van der Waals surface area contributed by atoms with E-state index in [0.29, 0.717) is 5.95 Å². The number of hydrogen-bond acceptors (Lipinski definition) is 4. The summed E-state index contributed by atoms with van der Waals surface area (Å²) in [6.07, 6.45) is 0.176. The van der Waals surface area contributed by atoms with E-state index in [1.807, 2.05) is 54.0 Å². The number of aryl methyl sites for hydroxylation is 1. The first-order chi connectivity index (χ1) is 13.9. The molecule has 8 nitrogen and oxygen atoms in total. The zero-order valence-electron chi connectivity index (χ0n) is 15.6. The van der Waals surface area contributed by atoms with Crippen molar-refractivity contribution >= 4 is 50.8 Å². The summed E-state index contributed by atoms with van der Waals surface area (Å²) in [4.78, 5) is 41.6. The van der Waals surface area contributed by atoms with Crippen molar-refractivity contribution in [3.05, 3.63) is 52.5 Å². The lowest BCUT2D eigenvalue weighted by Crippen LogP contribution is -2.51. The van der Waals surface area contributed by atoms with Crippen LogP contribution in [0.4, 0.5) is 10.7 Å². The molecule has 1 aliphatic rings. The molecule has 3 aromatic rings. The van der Waals surface area contributed by atoms with Gasteiger partial charge in [0.2, 0.25) is 17.8 Å². The van der Waals surface area contributed by atoms with Crippen LogP contribution in [0.2, 0.25) is 0 Å². The Morgan fingerprint density at radius 2 is 1.97 bits per heavy atom. The van der Waals surface area contributed by atoms with E-state index in [-0.39, 0.29) is 25.4 Å². The molecular formula is C20H18BrN5O3. The van der Waals surface area contributed by atoms with E-state index in [1.54, 1.807) is 0 Å². The van der Waals surface area contributed by atoms with Crippen molar-refractivity contribution in [1.82, 2.24) is 19.8 Å². The van der Waals surface area contributed by atoms with Gasteiger partial charge in [-0.05, 0) is 37.3 Å². The van der Waals surface area contributed by atoms with Crippen molar-refractivity contribution in [2.24, 2.45) is 0 Å². The maximum absolute atomic E-state index is 12.6. The van der Waals surface area contributed by atoms with Crippen LogP contribution in [0.5, 0.6) is 0 Å². The highest BCUT2D eigenvalue weighted by Crippen LogP contribution is 2.27. The molecule has 2 N–H and O–H groups in total. The van der Waals surface area contributed by atoms with Gasteiger partial charge in [0.1, 0.15) is 6.54 Å². The molecule has 0 unspecified atom stereocenters. The molecular weight excluding hydrogens is 438 g/mol. The third kappa shape index (κ3) is 4.00. The van der Waals surface area contributed by atoms with Crippen LogP contribution in [-0.4, -0.2) is 45.4 Å². The number of halogens is 1. The van der Waals surface area contributed by atoms with Gasteiger partial charge in [0, 0.05) is 23.1 Å². The number of aromatic nitrogens is 2. The summed E-state index contributed by atoms with van der Waals surface area (Å²) in [5.41, 5.74) is 3.54. The fourth-order valence-electron chi connectivity index (χ4n) is 3.18. The molecule has 0 aliphatic carbocycles. The molecule has 29 heavy (non-hydrogen) atoms. The van der Waals surface area contributed by atoms with Gasteiger partial charge in [-0.15, -0.1) is 0 Å². The summed E-state index contributed by atoms with van der Waals surface area (Å²) in [6.45, 7) is 2.04. The van der Waals surface area contributed by atoms with Gasteiger partial charge in [-0.3, -0.25) is 24.8 Å². The fraction of sp³-hybridized carbons (Fsp3) is 0.200. The van der Waals surface area contributed by atoms with Gasteiger partial charge in [0.05, 0.1) is 11.0 Å². The Morgan fingerprint density at radius 3 is 2.69 bits per heavy atom. The number of nitrogens with zero attached hydrogens (tertiary/aromatic N) is 3. The van der Waals surface area contributed by atoms with Crippen molar-refractivity contribution in [3.63, 3.8) is 0 Å². The van der Waals surface area contributed by atoms with Gasteiger partial charge in [-0.1, -0.05) is 33.6 Å². The maximum Gasteiger partial charge on any atom is 0.324 e. The number of benzene rings is 2. The van der Waals surface area contributed by atoms with Crippen molar-refractivity contribution in [2.45, 2.75) is 13.3 Å². The average molecular weight is 456 g/mol. The van der Waals surface area contributed by atoms with Crippen LogP contribution in [0.15, 0.2) is 46.9 Å². The van der Waals surface area contributed by atoms with Crippen molar-refractivity contribution in [3.8, 4) is 5.69 Å². The third-order valence-electron chi connectivity index (χ3n) is 4.64. The molecule has 148 valence electrons. The molecule has 0 radical (unpaired) electrons. The Labute approximate surface area is 175 Å². The number of amides is 4. The first-order valence-electron chi connectivity index (χ1n) is 9.04. The second kappa shape index (κ2) is 7.67. The zero-order valence-corrected chi connectivity index (χ0v) is 17.2.